The second kappa shape index (κ2) is 6.11. The van der Waals surface area contributed by atoms with Crippen LogP contribution in [0.2, 0.25) is 5.02 Å². The van der Waals surface area contributed by atoms with Crippen LogP contribution in [-0.2, 0) is 4.74 Å². The summed E-state index contributed by atoms with van der Waals surface area (Å²) in [6.07, 6.45) is 0. The number of azo groups is 1. The molecule has 2 rings (SSSR count). The number of hydrogen-bond acceptors (Lipinski definition) is 4. The first-order chi connectivity index (χ1) is 9.19. The van der Waals surface area contributed by atoms with Crippen LogP contribution in [0.15, 0.2) is 58.8 Å². The lowest BCUT2D eigenvalue weighted by Crippen LogP contribution is -1.99. The Morgan fingerprint density at radius 1 is 1.05 bits per heavy atom. The van der Waals surface area contributed by atoms with Gasteiger partial charge in [-0.05, 0) is 36.4 Å². The quantitative estimate of drug-likeness (QED) is 0.609. The van der Waals surface area contributed by atoms with Crippen molar-refractivity contribution >= 4 is 28.9 Å². The normalized spacial score (nSPS) is 10.6. The molecule has 0 bridgehead atoms. The Labute approximate surface area is 115 Å². The Balaban J connectivity index is 2.21. The molecule has 0 fully saturated rings. The van der Waals surface area contributed by atoms with E-state index in [2.05, 4.69) is 15.0 Å². The van der Waals surface area contributed by atoms with Crippen LogP contribution in [0, 0.1) is 0 Å². The molecular formula is C14H11ClN2O2. The van der Waals surface area contributed by atoms with E-state index in [0.717, 1.165) is 0 Å². The van der Waals surface area contributed by atoms with Crippen molar-refractivity contribution in [3.05, 3.63) is 59.1 Å². The molecule has 2 aromatic rings. The van der Waals surface area contributed by atoms with Gasteiger partial charge in [0.25, 0.3) is 0 Å². The molecule has 5 heteroatoms. The molecule has 0 N–H and O–H groups in total. The number of esters is 1. The summed E-state index contributed by atoms with van der Waals surface area (Å²) in [4.78, 5) is 11.4. The lowest BCUT2D eigenvalue weighted by Gasteiger charge is -1.99. The van der Waals surface area contributed by atoms with E-state index in [1.54, 1.807) is 48.5 Å². The van der Waals surface area contributed by atoms with Gasteiger partial charge in [-0.3, -0.25) is 0 Å². The number of carbonyl (C=O) groups is 1. The summed E-state index contributed by atoms with van der Waals surface area (Å²) in [6.45, 7) is 0. The van der Waals surface area contributed by atoms with Crippen molar-refractivity contribution in [3.63, 3.8) is 0 Å². The van der Waals surface area contributed by atoms with Gasteiger partial charge in [-0.1, -0.05) is 23.7 Å². The molecule has 0 aliphatic rings. The van der Waals surface area contributed by atoms with E-state index in [4.69, 9.17) is 11.6 Å². The number of benzene rings is 2. The van der Waals surface area contributed by atoms with E-state index in [-0.39, 0.29) is 0 Å². The number of nitrogens with zero attached hydrogens (tertiary/aromatic N) is 2. The van der Waals surface area contributed by atoms with Crippen molar-refractivity contribution < 1.29 is 9.53 Å². The minimum absolute atomic E-state index is 0.403. The Bertz CT molecular complexity index is 626. The van der Waals surface area contributed by atoms with Crippen LogP contribution in [0.5, 0.6) is 0 Å². The van der Waals surface area contributed by atoms with Crippen LogP contribution in [0.25, 0.3) is 0 Å². The first kappa shape index (κ1) is 13.2. The van der Waals surface area contributed by atoms with Gasteiger partial charge in [0.15, 0.2) is 0 Å². The van der Waals surface area contributed by atoms with Gasteiger partial charge in [-0.2, -0.15) is 10.2 Å². The predicted molar refractivity (Wildman–Crippen MR) is 73.4 cm³/mol. The number of rotatable bonds is 3. The summed E-state index contributed by atoms with van der Waals surface area (Å²) in [5, 5.41) is 8.70. The second-order valence-corrected chi connectivity index (χ2v) is 4.16. The van der Waals surface area contributed by atoms with Gasteiger partial charge in [0.2, 0.25) is 0 Å². The van der Waals surface area contributed by atoms with Crippen LogP contribution in [0.3, 0.4) is 0 Å². The molecular weight excluding hydrogens is 264 g/mol. The molecule has 0 radical (unpaired) electrons. The molecule has 0 atom stereocenters. The van der Waals surface area contributed by atoms with E-state index in [1.807, 2.05) is 0 Å². The van der Waals surface area contributed by atoms with Gasteiger partial charge in [-0.15, -0.1) is 0 Å². The van der Waals surface area contributed by atoms with Gasteiger partial charge in [0.1, 0.15) is 0 Å². The Morgan fingerprint density at radius 3 is 2.32 bits per heavy atom. The van der Waals surface area contributed by atoms with E-state index >= 15 is 0 Å². The molecule has 0 saturated carbocycles. The lowest BCUT2D eigenvalue weighted by atomic mass is 10.2. The average Bonchev–Trinajstić information content (AvgIpc) is 2.45. The highest BCUT2D eigenvalue weighted by atomic mass is 35.5. The largest absolute Gasteiger partial charge is 0.465 e. The van der Waals surface area contributed by atoms with Crippen molar-refractivity contribution in [2.45, 2.75) is 0 Å². The highest BCUT2D eigenvalue weighted by molar-refractivity contribution is 6.30. The number of hydrogen-bond donors (Lipinski definition) is 0. The molecule has 0 unspecified atom stereocenters. The van der Waals surface area contributed by atoms with Crippen LogP contribution in [-0.4, -0.2) is 13.1 Å². The molecule has 0 spiro atoms. The summed E-state index contributed by atoms with van der Waals surface area (Å²) in [5.41, 5.74) is 1.66. The minimum atomic E-state index is -0.403. The van der Waals surface area contributed by atoms with Crippen molar-refractivity contribution in [3.8, 4) is 0 Å². The molecule has 0 aromatic heterocycles. The van der Waals surface area contributed by atoms with E-state index < -0.39 is 5.97 Å². The number of halogens is 1. The number of carbonyl (C=O) groups excluding carboxylic acids is 1. The standard InChI is InChI=1S/C14H11ClN2O2/c1-19-14(18)10-4-2-6-12(8-10)16-17-13-7-3-5-11(15)9-13/h2-9H,1H3. The molecule has 0 aliphatic carbocycles. The molecule has 19 heavy (non-hydrogen) atoms. The van der Waals surface area contributed by atoms with Crippen LogP contribution in [0.1, 0.15) is 10.4 Å². The number of methoxy groups -OCH3 is 1. The molecule has 0 saturated heterocycles. The Hall–Kier alpha value is -2.20. The van der Waals surface area contributed by atoms with Gasteiger partial charge in [-0.25, -0.2) is 4.79 Å². The van der Waals surface area contributed by atoms with Crippen molar-refractivity contribution in [2.75, 3.05) is 7.11 Å². The minimum Gasteiger partial charge on any atom is -0.465 e. The van der Waals surface area contributed by atoms with Crippen LogP contribution in [0.4, 0.5) is 11.4 Å². The van der Waals surface area contributed by atoms with Crippen LogP contribution < -0.4 is 0 Å². The highest BCUT2D eigenvalue weighted by Crippen LogP contribution is 2.22. The third-order valence-electron chi connectivity index (χ3n) is 2.36. The fraction of sp³-hybridized carbons (Fsp3) is 0.0714. The SMILES string of the molecule is COC(=O)c1cccc(N=Nc2cccc(Cl)c2)c1. The summed E-state index contributed by atoms with van der Waals surface area (Å²) in [5.74, 6) is -0.403. The smallest absolute Gasteiger partial charge is 0.337 e. The third kappa shape index (κ3) is 3.63. The highest BCUT2D eigenvalue weighted by Gasteiger charge is 2.04. The van der Waals surface area contributed by atoms with E-state index in [0.29, 0.717) is 22.0 Å². The predicted octanol–water partition coefficient (Wildman–Crippen LogP) is 4.54. The maximum atomic E-state index is 11.4. The maximum Gasteiger partial charge on any atom is 0.337 e. The zero-order chi connectivity index (χ0) is 13.7. The summed E-state index contributed by atoms with van der Waals surface area (Å²) in [7, 11) is 1.34. The van der Waals surface area contributed by atoms with Crippen molar-refractivity contribution in [2.24, 2.45) is 10.2 Å². The Morgan fingerprint density at radius 2 is 1.68 bits per heavy atom. The topological polar surface area (TPSA) is 51.0 Å². The third-order valence-corrected chi connectivity index (χ3v) is 2.59. The number of ether oxygens (including phenoxy) is 1. The lowest BCUT2D eigenvalue weighted by molar-refractivity contribution is 0.0601. The zero-order valence-electron chi connectivity index (χ0n) is 10.2. The monoisotopic (exact) mass is 274 g/mol. The van der Waals surface area contributed by atoms with Gasteiger partial charge in [0, 0.05) is 5.02 Å². The summed E-state index contributed by atoms with van der Waals surface area (Å²) in [6, 6.07) is 13.8. The maximum absolute atomic E-state index is 11.4. The van der Waals surface area contributed by atoms with Crippen LogP contribution >= 0.6 is 11.6 Å². The van der Waals surface area contributed by atoms with Gasteiger partial charge < -0.3 is 4.74 Å². The Kier molecular flexibility index (Phi) is 4.26. The molecule has 0 heterocycles. The second-order valence-electron chi connectivity index (χ2n) is 3.72. The van der Waals surface area contributed by atoms with Crippen molar-refractivity contribution in [1.82, 2.24) is 0 Å². The fourth-order valence-electron chi connectivity index (χ4n) is 1.47. The zero-order valence-corrected chi connectivity index (χ0v) is 11.0. The van der Waals surface area contributed by atoms with Crippen molar-refractivity contribution in [1.29, 1.82) is 0 Å². The average molecular weight is 275 g/mol. The van der Waals surface area contributed by atoms with Gasteiger partial charge >= 0.3 is 5.97 Å². The molecule has 0 amide bonds. The first-order valence-corrected chi connectivity index (χ1v) is 5.92. The first-order valence-electron chi connectivity index (χ1n) is 5.55. The van der Waals surface area contributed by atoms with E-state index in [9.17, 15) is 4.79 Å². The molecule has 2 aromatic carbocycles. The van der Waals surface area contributed by atoms with E-state index in [1.165, 1.54) is 7.11 Å². The fourth-order valence-corrected chi connectivity index (χ4v) is 1.65. The summed E-state index contributed by atoms with van der Waals surface area (Å²) >= 11 is 5.85. The summed E-state index contributed by atoms with van der Waals surface area (Å²) < 4.78 is 4.64. The molecule has 0 aliphatic heterocycles. The van der Waals surface area contributed by atoms with Gasteiger partial charge in [0.05, 0.1) is 24.0 Å². The molecule has 96 valence electrons. The molecule has 4 nitrogen and oxygen atoms in total.